The number of nitrogens with one attached hydrogen (secondary N) is 2. The van der Waals surface area contributed by atoms with Crippen LogP contribution in [0.2, 0.25) is 0 Å². The van der Waals surface area contributed by atoms with Crippen molar-refractivity contribution in [3.05, 3.63) is 29.3 Å². The molecule has 2 amide bonds. The number of rotatable bonds is 9. The molecule has 0 aromatic heterocycles. The maximum Gasteiger partial charge on any atom is 0.283 e. The second-order valence-corrected chi connectivity index (χ2v) is 9.38. The summed E-state index contributed by atoms with van der Waals surface area (Å²) in [4.78, 5) is 25.2. The van der Waals surface area contributed by atoms with Crippen LogP contribution in [0.5, 0.6) is 5.75 Å². The number of likely N-dealkylation sites (tertiary alicyclic amines) is 1. The smallest absolute Gasteiger partial charge is 0.283 e. The third kappa shape index (κ3) is 5.34. The Hall–Kier alpha value is -2.14. The molecular formula is C23H29F2N3O5. The van der Waals surface area contributed by atoms with Gasteiger partial charge in [-0.1, -0.05) is 0 Å². The third-order valence-electron chi connectivity index (χ3n) is 6.71. The summed E-state index contributed by atoms with van der Waals surface area (Å²) in [6.07, 6.45) is 2.61. The van der Waals surface area contributed by atoms with Crippen LogP contribution in [0.1, 0.15) is 46.4 Å². The lowest BCUT2D eigenvalue weighted by atomic mass is 9.92. The number of nitrogens with zero attached hydrogens (tertiary/aromatic N) is 1. The highest BCUT2D eigenvalue weighted by molar-refractivity contribution is 6.21. The van der Waals surface area contributed by atoms with Gasteiger partial charge in [0, 0.05) is 39.0 Å². The van der Waals surface area contributed by atoms with E-state index in [1.54, 1.807) is 17.0 Å². The fourth-order valence-electron chi connectivity index (χ4n) is 4.61. The zero-order valence-corrected chi connectivity index (χ0v) is 18.4. The molecule has 0 unspecified atom stereocenters. The molecule has 180 valence electrons. The molecule has 3 heterocycles. The van der Waals surface area contributed by atoms with Gasteiger partial charge in [0.1, 0.15) is 18.5 Å². The molecule has 33 heavy (non-hydrogen) atoms. The quantitative estimate of drug-likeness (QED) is 0.536. The van der Waals surface area contributed by atoms with Crippen LogP contribution in [-0.2, 0) is 9.47 Å². The minimum absolute atomic E-state index is 0.160. The van der Waals surface area contributed by atoms with Crippen molar-refractivity contribution in [1.29, 1.82) is 0 Å². The van der Waals surface area contributed by atoms with Crippen LogP contribution in [0, 0.1) is 0 Å². The van der Waals surface area contributed by atoms with Gasteiger partial charge in [0.25, 0.3) is 17.7 Å². The molecular weight excluding hydrogens is 436 g/mol. The van der Waals surface area contributed by atoms with E-state index in [-0.39, 0.29) is 31.0 Å². The average Bonchev–Trinajstić information content (AvgIpc) is 3.00. The highest BCUT2D eigenvalue weighted by atomic mass is 19.3. The Labute approximate surface area is 190 Å². The second kappa shape index (κ2) is 9.25. The molecule has 0 radical (unpaired) electrons. The first-order chi connectivity index (χ1) is 15.8. The third-order valence-corrected chi connectivity index (χ3v) is 6.71. The monoisotopic (exact) mass is 465 g/mol. The molecule has 2 N–H and O–H groups in total. The van der Waals surface area contributed by atoms with Crippen molar-refractivity contribution >= 4 is 11.8 Å². The van der Waals surface area contributed by atoms with E-state index in [2.05, 4.69) is 10.6 Å². The number of halogens is 2. The van der Waals surface area contributed by atoms with E-state index in [1.807, 2.05) is 0 Å². The number of ether oxygens (including phenoxy) is 3. The molecule has 1 saturated carbocycles. The van der Waals surface area contributed by atoms with Gasteiger partial charge in [0.05, 0.1) is 36.0 Å². The van der Waals surface area contributed by atoms with E-state index < -0.39 is 24.3 Å². The van der Waals surface area contributed by atoms with E-state index in [9.17, 15) is 18.4 Å². The highest BCUT2D eigenvalue weighted by Gasteiger charge is 2.39. The number of amides is 2. The summed E-state index contributed by atoms with van der Waals surface area (Å²) in [5.74, 6) is -3.28. The van der Waals surface area contributed by atoms with E-state index >= 15 is 0 Å². The van der Waals surface area contributed by atoms with E-state index in [0.29, 0.717) is 42.8 Å². The maximum atomic E-state index is 14.4. The number of carbonyl (C=O) groups excluding carboxylic acids is 2. The lowest BCUT2D eigenvalue weighted by molar-refractivity contribution is -0.147. The van der Waals surface area contributed by atoms with Gasteiger partial charge in [-0.25, -0.2) is 8.78 Å². The molecule has 3 fully saturated rings. The summed E-state index contributed by atoms with van der Waals surface area (Å²) < 4.78 is 46.1. The van der Waals surface area contributed by atoms with Gasteiger partial charge < -0.3 is 19.5 Å². The second-order valence-electron chi connectivity index (χ2n) is 9.38. The molecule has 8 nitrogen and oxygen atoms in total. The minimum atomic E-state index is -2.91. The Morgan fingerprint density at radius 1 is 0.970 bits per heavy atom. The molecule has 1 aliphatic carbocycles. The van der Waals surface area contributed by atoms with Crippen LogP contribution < -0.4 is 15.4 Å². The number of hydrogen-bond donors (Lipinski definition) is 2. The molecule has 0 spiro atoms. The van der Waals surface area contributed by atoms with Crippen molar-refractivity contribution in [3.8, 4) is 5.75 Å². The fraction of sp³-hybridized carbons (Fsp3) is 0.652. The number of benzene rings is 1. The Bertz CT molecular complexity index is 896. The molecule has 3 aliphatic heterocycles. The standard InChI is InChI=1S/C23H29F2N3O5/c24-23(25,12-28-5-3-14(4-6-28)32-18-10-26-11-18)13-31-16-7-17(8-16)33-15-1-2-19-20(9-15)22(30)27-21(19)29/h1-2,9,14,16-18,26H,3-8,10-13H2,(H,27,29,30). The largest absolute Gasteiger partial charge is 0.490 e. The van der Waals surface area contributed by atoms with Crippen molar-refractivity contribution < 1.29 is 32.6 Å². The van der Waals surface area contributed by atoms with Crippen molar-refractivity contribution in [2.24, 2.45) is 0 Å². The highest BCUT2D eigenvalue weighted by Crippen LogP contribution is 2.31. The molecule has 5 rings (SSSR count). The van der Waals surface area contributed by atoms with Crippen molar-refractivity contribution in [3.63, 3.8) is 0 Å². The van der Waals surface area contributed by atoms with Crippen LogP contribution in [0.3, 0.4) is 0 Å². The van der Waals surface area contributed by atoms with Gasteiger partial charge in [-0.05, 0) is 31.0 Å². The van der Waals surface area contributed by atoms with E-state index in [0.717, 1.165) is 25.9 Å². The zero-order chi connectivity index (χ0) is 23.0. The Kier molecular flexibility index (Phi) is 6.34. The van der Waals surface area contributed by atoms with Crippen molar-refractivity contribution in [2.75, 3.05) is 39.3 Å². The van der Waals surface area contributed by atoms with Gasteiger partial charge in [-0.3, -0.25) is 19.8 Å². The number of fused-ring (bicyclic) bond motifs is 1. The topological polar surface area (TPSA) is 89.1 Å². The van der Waals surface area contributed by atoms with Gasteiger partial charge in [0.15, 0.2) is 0 Å². The number of alkyl halides is 2. The molecule has 1 aromatic carbocycles. The summed E-state index contributed by atoms with van der Waals surface area (Å²) in [6.45, 7) is 2.10. The van der Waals surface area contributed by atoms with E-state index in [4.69, 9.17) is 14.2 Å². The first-order valence-electron chi connectivity index (χ1n) is 11.6. The number of piperidine rings is 1. The predicted molar refractivity (Wildman–Crippen MR) is 114 cm³/mol. The van der Waals surface area contributed by atoms with Crippen molar-refractivity contribution in [2.45, 2.75) is 56.0 Å². The molecule has 10 heteroatoms. The SMILES string of the molecule is O=C1NC(=O)c2cc(OC3CC(OCC(F)(F)CN4CCC(OC5CNC5)CC4)C3)ccc21. The Morgan fingerprint density at radius 3 is 2.39 bits per heavy atom. The van der Waals surface area contributed by atoms with Gasteiger partial charge in [-0.2, -0.15) is 0 Å². The number of carbonyl (C=O) groups is 2. The van der Waals surface area contributed by atoms with Crippen LogP contribution in [0.15, 0.2) is 18.2 Å². The summed E-state index contributed by atoms with van der Waals surface area (Å²) in [7, 11) is 0. The fourth-order valence-corrected chi connectivity index (χ4v) is 4.61. The average molecular weight is 465 g/mol. The lowest BCUT2D eigenvalue weighted by Gasteiger charge is -2.38. The molecule has 0 atom stereocenters. The molecule has 0 bridgehead atoms. The summed E-state index contributed by atoms with van der Waals surface area (Å²) in [5.41, 5.74) is 0.622. The molecule has 4 aliphatic rings. The lowest BCUT2D eigenvalue weighted by Crippen LogP contribution is -2.52. The zero-order valence-electron chi connectivity index (χ0n) is 18.4. The van der Waals surface area contributed by atoms with Gasteiger partial charge >= 0.3 is 0 Å². The predicted octanol–water partition coefficient (Wildman–Crippen LogP) is 1.58. The van der Waals surface area contributed by atoms with Crippen LogP contribution in [0.4, 0.5) is 8.78 Å². The Morgan fingerprint density at radius 2 is 1.70 bits per heavy atom. The van der Waals surface area contributed by atoms with Crippen LogP contribution in [-0.4, -0.2) is 86.4 Å². The minimum Gasteiger partial charge on any atom is -0.490 e. The summed E-state index contributed by atoms with van der Waals surface area (Å²) in [5, 5.41) is 5.40. The number of imide groups is 1. The maximum absolute atomic E-state index is 14.4. The summed E-state index contributed by atoms with van der Waals surface area (Å²) >= 11 is 0. The Balaban J connectivity index is 0.998. The van der Waals surface area contributed by atoms with Crippen molar-refractivity contribution in [1.82, 2.24) is 15.5 Å². The first-order valence-corrected chi connectivity index (χ1v) is 11.6. The van der Waals surface area contributed by atoms with Crippen LogP contribution in [0.25, 0.3) is 0 Å². The molecule has 1 aromatic rings. The van der Waals surface area contributed by atoms with Gasteiger partial charge in [0.2, 0.25) is 0 Å². The van der Waals surface area contributed by atoms with Crippen LogP contribution >= 0.6 is 0 Å². The normalized spacial score (nSPS) is 26.5. The summed E-state index contributed by atoms with van der Waals surface area (Å²) in [6, 6.07) is 4.73. The molecule has 2 saturated heterocycles. The van der Waals surface area contributed by atoms with E-state index in [1.165, 1.54) is 6.07 Å². The van der Waals surface area contributed by atoms with Gasteiger partial charge in [-0.15, -0.1) is 0 Å². The number of hydrogen-bond acceptors (Lipinski definition) is 7. The first kappa shape index (κ1) is 22.6.